The third-order valence-corrected chi connectivity index (χ3v) is 5.18. The van der Waals surface area contributed by atoms with Crippen LogP contribution in [0.2, 0.25) is 0 Å². The second-order valence-electron chi connectivity index (χ2n) is 6.39. The Labute approximate surface area is 128 Å². The summed E-state index contributed by atoms with van der Waals surface area (Å²) in [6, 6.07) is 12.3. The van der Waals surface area contributed by atoms with Gasteiger partial charge in [-0.25, -0.2) is 0 Å². The van der Waals surface area contributed by atoms with E-state index in [2.05, 4.69) is 47.6 Å². The van der Waals surface area contributed by atoms with E-state index in [9.17, 15) is 0 Å². The zero-order valence-electron chi connectivity index (χ0n) is 13.1. The molecule has 1 N–H and O–H groups in total. The summed E-state index contributed by atoms with van der Waals surface area (Å²) in [6.07, 6.45) is 5.02. The molecule has 3 rings (SSSR count). The van der Waals surface area contributed by atoms with E-state index in [1.165, 1.54) is 37.8 Å². The van der Waals surface area contributed by atoms with Gasteiger partial charge in [0.25, 0.3) is 0 Å². The lowest BCUT2D eigenvalue weighted by atomic mass is 9.78. The number of nitrogens with one attached hydrogen (secondary N) is 1. The number of hydrogen-bond donors (Lipinski definition) is 1. The maximum absolute atomic E-state index is 5.63. The third-order valence-electron chi connectivity index (χ3n) is 5.18. The Hall–Kier alpha value is -0.900. The number of nitrogens with zero attached hydrogens (tertiary/aromatic N) is 1. The summed E-state index contributed by atoms with van der Waals surface area (Å²) in [7, 11) is 2.12. The quantitative estimate of drug-likeness (QED) is 0.925. The minimum Gasteiger partial charge on any atom is -0.380 e. The molecule has 0 radical (unpaired) electrons. The summed E-state index contributed by atoms with van der Waals surface area (Å²) in [5.41, 5.74) is 1.52. The molecule has 3 nitrogen and oxygen atoms in total. The lowest BCUT2D eigenvalue weighted by Gasteiger charge is -2.42. The van der Waals surface area contributed by atoms with Crippen LogP contribution in [0.1, 0.15) is 37.2 Å². The van der Waals surface area contributed by atoms with E-state index in [-0.39, 0.29) is 0 Å². The van der Waals surface area contributed by atoms with Crippen molar-refractivity contribution in [3.05, 3.63) is 35.9 Å². The van der Waals surface area contributed by atoms with Gasteiger partial charge in [0.15, 0.2) is 0 Å². The van der Waals surface area contributed by atoms with Crippen molar-refractivity contribution in [1.29, 1.82) is 0 Å². The average Bonchev–Trinajstić information content (AvgIpc) is 2.84. The molecular formula is C18H28N2O. The van der Waals surface area contributed by atoms with Crippen molar-refractivity contribution in [1.82, 2.24) is 10.2 Å². The zero-order valence-corrected chi connectivity index (χ0v) is 13.1. The molecular weight excluding hydrogens is 260 g/mol. The smallest absolute Gasteiger partial charge is 0.0593 e. The fourth-order valence-electron chi connectivity index (χ4n) is 4.01. The monoisotopic (exact) mass is 288 g/mol. The number of hydrogen-bond acceptors (Lipinski definition) is 3. The van der Waals surface area contributed by atoms with E-state index >= 15 is 0 Å². The average molecular weight is 288 g/mol. The first-order valence-corrected chi connectivity index (χ1v) is 8.42. The molecule has 0 spiro atoms. The second-order valence-corrected chi connectivity index (χ2v) is 6.39. The van der Waals surface area contributed by atoms with Gasteiger partial charge in [-0.3, -0.25) is 4.90 Å². The van der Waals surface area contributed by atoms with Crippen LogP contribution in [-0.2, 0) is 4.74 Å². The molecule has 2 fully saturated rings. The van der Waals surface area contributed by atoms with Crippen LogP contribution in [0.25, 0.3) is 0 Å². The van der Waals surface area contributed by atoms with Crippen LogP contribution >= 0.6 is 0 Å². The van der Waals surface area contributed by atoms with E-state index in [0.717, 1.165) is 19.8 Å². The first kappa shape index (κ1) is 15.0. The van der Waals surface area contributed by atoms with Gasteiger partial charge in [-0.1, -0.05) is 30.3 Å². The van der Waals surface area contributed by atoms with Gasteiger partial charge in [0.05, 0.1) is 6.61 Å². The van der Waals surface area contributed by atoms with Gasteiger partial charge in [-0.2, -0.15) is 0 Å². The van der Waals surface area contributed by atoms with Crippen molar-refractivity contribution in [3.8, 4) is 0 Å². The summed E-state index contributed by atoms with van der Waals surface area (Å²) < 4.78 is 5.63. The van der Waals surface area contributed by atoms with Crippen molar-refractivity contribution < 1.29 is 4.74 Å². The second kappa shape index (κ2) is 7.39. The number of rotatable bonds is 3. The summed E-state index contributed by atoms with van der Waals surface area (Å²) in [4.78, 5) is 2.67. The van der Waals surface area contributed by atoms with Gasteiger partial charge in [-0.15, -0.1) is 0 Å². The number of benzene rings is 1. The van der Waals surface area contributed by atoms with Crippen LogP contribution in [0.15, 0.2) is 30.3 Å². The Morgan fingerprint density at radius 3 is 2.76 bits per heavy atom. The standard InChI is InChI=1S/C18H28N2O/c1-19-17-9-8-16(15-6-3-2-4-7-15)14-18(17)20-10-5-12-21-13-11-20/h2-4,6-7,16-19H,5,8-14H2,1H3. The fourth-order valence-corrected chi connectivity index (χ4v) is 4.01. The van der Waals surface area contributed by atoms with Crippen molar-refractivity contribution in [2.24, 2.45) is 0 Å². The first-order valence-electron chi connectivity index (χ1n) is 8.42. The predicted octanol–water partition coefficient (Wildman–Crippen LogP) is 2.63. The molecule has 1 saturated heterocycles. The van der Waals surface area contributed by atoms with Gasteiger partial charge in [0.2, 0.25) is 0 Å². The lowest BCUT2D eigenvalue weighted by molar-refractivity contribution is 0.100. The Morgan fingerprint density at radius 1 is 1.10 bits per heavy atom. The van der Waals surface area contributed by atoms with Crippen LogP contribution in [-0.4, -0.2) is 50.3 Å². The Bertz CT molecular complexity index is 414. The first-order chi connectivity index (χ1) is 10.4. The summed E-state index contributed by atoms with van der Waals surface area (Å²) >= 11 is 0. The lowest BCUT2D eigenvalue weighted by Crippen LogP contribution is -2.52. The number of ether oxygens (including phenoxy) is 1. The van der Waals surface area contributed by atoms with Crippen LogP contribution in [0.4, 0.5) is 0 Å². The van der Waals surface area contributed by atoms with Gasteiger partial charge in [0, 0.05) is 31.8 Å². The topological polar surface area (TPSA) is 24.5 Å². The fraction of sp³-hybridized carbons (Fsp3) is 0.667. The highest BCUT2D eigenvalue weighted by Gasteiger charge is 2.34. The highest BCUT2D eigenvalue weighted by Crippen LogP contribution is 2.35. The molecule has 1 aromatic rings. The molecule has 1 saturated carbocycles. The molecule has 0 bridgehead atoms. The normalized spacial score (nSPS) is 31.8. The largest absolute Gasteiger partial charge is 0.380 e. The van der Waals surface area contributed by atoms with E-state index in [4.69, 9.17) is 4.74 Å². The minimum absolute atomic E-state index is 0.628. The molecule has 0 amide bonds. The molecule has 0 aromatic heterocycles. The van der Waals surface area contributed by atoms with Gasteiger partial charge < -0.3 is 10.1 Å². The maximum Gasteiger partial charge on any atom is 0.0593 e. The molecule has 1 aromatic carbocycles. The van der Waals surface area contributed by atoms with E-state index < -0.39 is 0 Å². The van der Waals surface area contributed by atoms with Crippen molar-refractivity contribution >= 4 is 0 Å². The Morgan fingerprint density at radius 2 is 1.95 bits per heavy atom. The SMILES string of the molecule is CNC1CCC(c2ccccc2)CC1N1CCCOCC1. The van der Waals surface area contributed by atoms with Crippen molar-refractivity contribution in [2.45, 2.75) is 43.7 Å². The third kappa shape index (κ3) is 3.65. The Balaban J connectivity index is 1.72. The molecule has 1 aliphatic carbocycles. The van der Waals surface area contributed by atoms with E-state index in [0.29, 0.717) is 18.0 Å². The van der Waals surface area contributed by atoms with Crippen LogP contribution < -0.4 is 5.32 Å². The van der Waals surface area contributed by atoms with Crippen molar-refractivity contribution in [2.75, 3.05) is 33.4 Å². The predicted molar refractivity (Wildman–Crippen MR) is 86.7 cm³/mol. The highest BCUT2D eigenvalue weighted by atomic mass is 16.5. The molecule has 1 heterocycles. The molecule has 3 atom stereocenters. The van der Waals surface area contributed by atoms with Gasteiger partial charge in [0.1, 0.15) is 0 Å². The summed E-state index contributed by atoms with van der Waals surface area (Å²) in [5, 5.41) is 3.56. The van der Waals surface area contributed by atoms with Crippen LogP contribution in [0.5, 0.6) is 0 Å². The molecule has 3 heteroatoms. The molecule has 3 unspecified atom stereocenters. The summed E-state index contributed by atoms with van der Waals surface area (Å²) in [5.74, 6) is 0.713. The molecule has 21 heavy (non-hydrogen) atoms. The zero-order chi connectivity index (χ0) is 14.5. The van der Waals surface area contributed by atoms with Gasteiger partial charge >= 0.3 is 0 Å². The summed E-state index contributed by atoms with van der Waals surface area (Å²) in [6.45, 7) is 4.09. The van der Waals surface area contributed by atoms with Crippen LogP contribution in [0.3, 0.4) is 0 Å². The highest BCUT2D eigenvalue weighted by molar-refractivity contribution is 5.21. The molecule has 1 aliphatic heterocycles. The van der Waals surface area contributed by atoms with Crippen LogP contribution in [0, 0.1) is 0 Å². The molecule has 2 aliphatic rings. The van der Waals surface area contributed by atoms with Crippen molar-refractivity contribution in [3.63, 3.8) is 0 Å². The Kier molecular flexibility index (Phi) is 5.28. The van der Waals surface area contributed by atoms with E-state index in [1.807, 2.05) is 0 Å². The number of likely N-dealkylation sites (N-methyl/N-ethyl adjacent to an activating group) is 1. The molecule has 116 valence electrons. The van der Waals surface area contributed by atoms with Gasteiger partial charge in [-0.05, 0) is 44.2 Å². The van der Waals surface area contributed by atoms with E-state index in [1.54, 1.807) is 0 Å². The maximum atomic E-state index is 5.63. The minimum atomic E-state index is 0.628.